The van der Waals surface area contributed by atoms with Crippen LogP contribution in [0.1, 0.15) is 31.9 Å². The Morgan fingerprint density at radius 3 is 3.00 bits per heavy atom. The number of rotatable bonds is 3. The zero-order valence-electron chi connectivity index (χ0n) is 7.12. The summed E-state index contributed by atoms with van der Waals surface area (Å²) in [5, 5.41) is 4.20. The minimum absolute atomic E-state index is 0.490. The zero-order chi connectivity index (χ0) is 8.27. The summed E-state index contributed by atoms with van der Waals surface area (Å²) in [6.07, 6.45) is 6.77. The quantitative estimate of drug-likeness (QED) is 0.647. The first kappa shape index (κ1) is 8.05. The summed E-state index contributed by atoms with van der Waals surface area (Å²) < 4.78 is 1.97. The molecule has 1 aromatic heterocycles. The Kier molecular flexibility index (Phi) is 2.47. The molecule has 0 fully saturated rings. The van der Waals surface area contributed by atoms with Gasteiger partial charge < -0.3 is 0 Å². The van der Waals surface area contributed by atoms with E-state index in [1.165, 1.54) is 0 Å². The summed E-state index contributed by atoms with van der Waals surface area (Å²) in [7, 11) is 0. The molecule has 0 saturated heterocycles. The van der Waals surface area contributed by atoms with Gasteiger partial charge in [0.05, 0.1) is 6.20 Å². The molecule has 11 heavy (non-hydrogen) atoms. The standard InChI is InChI=1S/C9H14N2/c1-4-8(3)11-7-9(5-2)6-10-11/h5-8H,2,4H2,1,3H3/t8-/m0/s1. The van der Waals surface area contributed by atoms with Crippen LogP contribution in [0.5, 0.6) is 0 Å². The van der Waals surface area contributed by atoms with Crippen molar-refractivity contribution in [2.24, 2.45) is 0 Å². The fourth-order valence-electron chi connectivity index (χ4n) is 0.886. The van der Waals surface area contributed by atoms with Crippen molar-refractivity contribution >= 4 is 6.08 Å². The molecule has 1 rings (SSSR count). The van der Waals surface area contributed by atoms with Crippen LogP contribution in [0.15, 0.2) is 19.0 Å². The number of aromatic nitrogens is 2. The smallest absolute Gasteiger partial charge is 0.0562 e. The Labute approximate surface area is 67.5 Å². The second-order valence-electron chi connectivity index (χ2n) is 2.72. The highest BCUT2D eigenvalue weighted by molar-refractivity contribution is 5.43. The van der Waals surface area contributed by atoms with Gasteiger partial charge in [-0.25, -0.2) is 0 Å². The van der Waals surface area contributed by atoms with E-state index in [1.807, 2.05) is 23.2 Å². The molecule has 0 aliphatic carbocycles. The number of nitrogens with zero attached hydrogens (tertiary/aromatic N) is 2. The topological polar surface area (TPSA) is 17.8 Å². The summed E-state index contributed by atoms with van der Waals surface area (Å²) in [4.78, 5) is 0. The molecule has 0 N–H and O–H groups in total. The van der Waals surface area contributed by atoms with Gasteiger partial charge in [-0.3, -0.25) is 4.68 Å². The average Bonchev–Trinajstić information content (AvgIpc) is 2.50. The van der Waals surface area contributed by atoms with Gasteiger partial charge in [0.25, 0.3) is 0 Å². The fourth-order valence-corrected chi connectivity index (χ4v) is 0.886. The molecule has 0 bridgehead atoms. The van der Waals surface area contributed by atoms with E-state index in [0.29, 0.717) is 6.04 Å². The summed E-state index contributed by atoms with van der Waals surface area (Å²) in [6.45, 7) is 7.98. The maximum absolute atomic E-state index is 4.20. The SMILES string of the molecule is C=Cc1cnn([C@@H](C)CC)c1. The van der Waals surface area contributed by atoms with Crippen LogP contribution >= 0.6 is 0 Å². The molecule has 0 amide bonds. The van der Waals surface area contributed by atoms with E-state index in [2.05, 4.69) is 25.5 Å². The van der Waals surface area contributed by atoms with E-state index >= 15 is 0 Å². The fraction of sp³-hybridized carbons (Fsp3) is 0.444. The maximum atomic E-state index is 4.20. The minimum Gasteiger partial charge on any atom is -0.269 e. The van der Waals surface area contributed by atoms with Gasteiger partial charge in [0.15, 0.2) is 0 Å². The molecular formula is C9H14N2. The molecule has 0 saturated carbocycles. The monoisotopic (exact) mass is 150 g/mol. The lowest BCUT2D eigenvalue weighted by molar-refractivity contribution is 0.478. The first-order valence-corrected chi connectivity index (χ1v) is 3.94. The van der Waals surface area contributed by atoms with Crippen molar-refractivity contribution in [2.75, 3.05) is 0 Å². The molecule has 1 aromatic rings. The van der Waals surface area contributed by atoms with Crippen molar-refractivity contribution in [3.05, 3.63) is 24.5 Å². The first-order valence-electron chi connectivity index (χ1n) is 3.94. The van der Waals surface area contributed by atoms with Crippen LogP contribution in [0.3, 0.4) is 0 Å². The van der Waals surface area contributed by atoms with Crippen molar-refractivity contribution in [3.8, 4) is 0 Å². The van der Waals surface area contributed by atoms with Gasteiger partial charge in [0, 0.05) is 17.8 Å². The third-order valence-electron chi connectivity index (χ3n) is 1.90. The second-order valence-corrected chi connectivity index (χ2v) is 2.72. The van der Waals surface area contributed by atoms with Crippen molar-refractivity contribution < 1.29 is 0 Å². The molecule has 0 aliphatic rings. The molecule has 2 nitrogen and oxygen atoms in total. The molecule has 0 aromatic carbocycles. The summed E-state index contributed by atoms with van der Waals surface area (Å²) >= 11 is 0. The lowest BCUT2D eigenvalue weighted by Crippen LogP contribution is -2.03. The Morgan fingerprint density at radius 2 is 2.55 bits per heavy atom. The van der Waals surface area contributed by atoms with Gasteiger partial charge in [-0.15, -0.1) is 0 Å². The second kappa shape index (κ2) is 3.37. The molecule has 0 aliphatic heterocycles. The van der Waals surface area contributed by atoms with Crippen molar-refractivity contribution in [1.29, 1.82) is 0 Å². The Balaban J connectivity index is 2.79. The van der Waals surface area contributed by atoms with E-state index in [0.717, 1.165) is 12.0 Å². The molecule has 1 atom stereocenters. The first-order chi connectivity index (χ1) is 5.27. The average molecular weight is 150 g/mol. The number of hydrogen-bond acceptors (Lipinski definition) is 1. The highest BCUT2D eigenvalue weighted by Crippen LogP contribution is 2.09. The zero-order valence-corrected chi connectivity index (χ0v) is 7.12. The van der Waals surface area contributed by atoms with E-state index in [-0.39, 0.29) is 0 Å². The lowest BCUT2D eigenvalue weighted by atomic mass is 10.3. The summed E-state index contributed by atoms with van der Waals surface area (Å²) in [5.41, 5.74) is 1.09. The van der Waals surface area contributed by atoms with E-state index in [4.69, 9.17) is 0 Å². The van der Waals surface area contributed by atoms with Crippen molar-refractivity contribution in [3.63, 3.8) is 0 Å². The van der Waals surface area contributed by atoms with E-state index < -0.39 is 0 Å². The molecular weight excluding hydrogens is 136 g/mol. The largest absolute Gasteiger partial charge is 0.269 e. The van der Waals surface area contributed by atoms with Gasteiger partial charge in [-0.05, 0) is 13.3 Å². The molecule has 0 unspecified atom stereocenters. The minimum atomic E-state index is 0.490. The van der Waals surface area contributed by atoms with E-state index in [9.17, 15) is 0 Å². The van der Waals surface area contributed by atoms with Gasteiger partial charge in [-0.2, -0.15) is 5.10 Å². The highest BCUT2D eigenvalue weighted by atomic mass is 15.3. The predicted molar refractivity (Wildman–Crippen MR) is 47.3 cm³/mol. The van der Waals surface area contributed by atoms with Crippen molar-refractivity contribution in [2.45, 2.75) is 26.3 Å². The van der Waals surface area contributed by atoms with Crippen LogP contribution < -0.4 is 0 Å². The maximum Gasteiger partial charge on any atom is 0.0562 e. The Bertz CT molecular complexity index is 237. The van der Waals surface area contributed by atoms with Gasteiger partial charge in [0.1, 0.15) is 0 Å². The highest BCUT2D eigenvalue weighted by Gasteiger charge is 2.01. The van der Waals surface area contributed by atoms with Gasteiger partial charge in [0.2, 0.25) is 0 Å². The van der Waals surface area contributed by atoms with Gasteiger partial charge in [-0.1, -0.05) is 19.6 Å². The normalized spacial score (nSPS) is 12.9. The van der Waals surface area contributed by atoms with Crippen molar-refractivity contribution in [1.82, 2.24) is 9.78 Å². The van der Waals surface area contributed by atoms with E-state index in [1.54, 1.807) is 0 Å². The molecule has 1 heterocycles. The Morgan fingerprint density at radius 1 is 1.82 bits per heavy atom. The number of hydrogen-bond donors (Lipinski definition) is 0. The third-order valence-corrected chi connectivity index (χ3v) is 1.90. The molecule has 2 heteroatoms. The van der Waals surface area contributed by atoms with Crippen LogP contribution in [-0.2, 0) is 0 Å². The molecule has 0 spiro atoms. The van der Waals surface area contributed by atoms with Crippen LogP contribution in [0.25, 0.3) is 6.08 Å². The lowest BCUT2D eigenvalue weighted by Gasteiger charge is -2.07. The molecule has 0 radical (unpaired) electrons. The molecule has 60 valence electrons. The van der Waals surface area contributed by atoms with Crippen LogP contribution in [0, 0.1) is 0 Å². The predicted octanol–water partition coefficient (Wildman–Crippen LogP) is 2.50. The van der Waals surface area contributed by atoms with Crippen LogP contribution in [-0.4, -0.2) is 9.78 Å². The van der Waals surface area contributed by atoms with Crippen LogP contribution in [0.2, 0.25) is 0 Å². The Hall–Kier alpha value is -1.05. The summed E-state index contributed by atoms with van der Waals surface area (Å²) in [5.74, 6) is 0. The third kappa shape index (κ3) is 1.70. The summed E-state index contributed by atoms with van der Waals surface area (Å²) in [6, 6.07) is 0.490. The van der Waals surface area contributed by atoms with Gasteiger partial charge >= 0.3 is 0 Å². The van der Waals surface area contributed by atoms with Crippen LogP contribution in [0.4, 0.5) is 0 Å².